The molecule has 0 aromatic carbocycles. The SMILES string of the molecule is C[C@@H](Nc1cncc(-c2c[nH]c3ncc(Cl)cc23)n1)C(=O)NCCc1cn[nH]c1. The molecule has 0 bridgehead atoms. The highest BCUT2D eigenvalue weighted by molar-refractivity contribution is 6.31. The van der Waals surface area contributed by atoms with Gasteiger partial charge in [0, 0.05) is 36.1 Å². The first-order valence-electron chi connectivity index (χ1n) is 9.07. The number of carbonyl (C=O) groups excluding carboxylic acids is 1. The fourth-order valence-electron chi connectivity index (χ4n) is 2.94. The van der Waals surface area contributed by atoms with Crippen LogP contribution in [0.2, 0.25) is 5.02 Å². The molecule has 10 heteroatoms. The summed E-state index contributed by atoms with van der Waals surface area (Å²) in [6, 6.07) is 1.36. The van der Waals surface area contributed by atoms with E-state index in [-0.39, 0.29) is 5.91 Å². The largest absolute Gasteiger partial charge is 0.357 e. The van der Waals surface area contributed by atoms with Gasteiger partial charge in [0.05, 0.1) is 29.3 Å². The molecule has 4 rings (SSSR count). The van der Waals surface area contributed by atoms with E-state index in [1.54, 1.807) is 31.7 Å². The number of fused-ring (bicyclic) bond motifs is 1. The van der Waals surface area contributed by atoms with Gasteiger partial charge in [-0.05, 0) is 25.0 Å². The molecule has 4 aromatic rings. The first-order chi connectivity index (χ1) is 14.1. The number of hydrogen-bond donors (Lipinski definition) is 4. The zero-order chi connectivity index (χ0) is 20.2. The third-order valence-corrected chi connectivity index (χ3v) is 4.64. The van der Waals surface area contributed by atoms with Gasteiger partial charge in [-0.2, -0.15) is 5.10 Å². The Balaban J connectivity index is 1.43. The third kappa shape index (κ3) is 4.35. The van der Waals surface area contributed by atoms with Crippen molar-refractivity contribution in [3.05, 3.63) is 53.8 Å². The standard InChI is InChI=1S/C19H19ClN8O/c1-11(19(29)22-3-2-12-5-25-26-6-12)27-17-10-21-9-16(28-17)15-8-24-18-14(15)4-13(20)7-23-18/h4-11H,2-3H2,1H3,(H,22,29)(H,23,24)(H,25,26)(H,27,28)/t11-/m1/s1. The van der Waals surface area contributed by atoms with Gasteiger partial charge in [-0.15, -0.1) is 0 Å². The number of anilines is 1. The lowest BCUT2D eigenvalue weighted by Crippen LogP contribution is -2.38. The average molecular weight is 411 g/mol. The minimum absolute atomic E-state index is 0.122. The van der Waals surface area contributed by atoms with Crippen LogP contribution in [0.25, 0.3) is 22.3 Å². The molecule has 4 aromatic heterocycles. The number of amides is 1. The van der Waals surface area contributed by atoms with Gasteiger partial charge in [-0.3, -0.25) is 14.9 Å². The van der Waals surface area contributed by atoms with Gasteiger partial charge < -0.3 is 15.6 Å². The molecular formula is C19H19ClN8O. The molecule has 4 N–H and O–H groups in total. The van der Waals surface area contributed by atoms with Crippen LogP contribution >= 0.6 is 11.6 Å². The molecule has 0 aliphatic heterocycles. The van der Waals surface area contributed by atoms with Crippen LogP contribution in [-0.2, 0) is 11.2 Å². The van der Waals surface area contributed by atoms with Gasteiger partial charge in [-0.1, -0.05) is 11.6 Å². The van der Waals surface area contributed by atoms with E-state index in [0.717, 1.165) is 22.2 Å². The molecule has 0 saturated carbocycles. The Morgan fingerprint density at radius 3 is 2.97 bits per heavy atom. The van der Waals surface area contributed by atoms with Crippen molar-refractivity contribution in [2.75, 3.05) is 11.9 Å². The molecular weight excluding hydrogens is 392 g/mol. The molecule has 0 spiro atoms. The average Bonchev–Trinajstić information content (AvgIpc) is 3.37. The minimum Gasteiger partial charge on any atom is -0.357 e. The number of hydrogen-bond acceptors (Lipinski definition) is 6. The van der Waals surface area contributed by atoms with Gasteiger partial charge in [0.25, 0.3) is 0 Å². The Labute approximate surface area is 171 Å². The van der Waals surface area contributed by atoms with Crippen molar-refractivity contribution in [2.45, 2.75) is 19.4 Å². The van der Waals surface area contributed by atoms with Crippen molar-refractivity contribution in [2.24, 2.45) is 0 Å². The Kier molecular flexibility index (Phi) is 5.39. The van der Waals surface area contributed by atoms with E-state index >= 15 is 0 Å². The second-order valence-electron chi connectivity index (χ2n) is 6.56. The number of nitrogens with zero attached hydrogens (tertiary/aromatic N) is 4. The molecule has 4 heterocycles. The highest BCUT2D eigenvalue weighted by atomic mass is 35.5. The Bertz CT molecular complexity index is 1120. The van der Waals surface area contributed by atoms with E-state index < -0.39 is 6.04 Å². The van der Waals surface area contributed by atoms with Gasteiger partial charge in [0.15, 0.2) is 0 Å². The summed E-state index contributed by atoms with van der Waals surface area (Å²) < 4.78 is 0. The molecule has 0 radical (unpaired) electrons. The summed E-state index contributed by atoms with van der Waals surface area (Å²) in [5, 5.41) is 14.0. The summed E-state index contributed by atoms with van der Waals surface area (Å²) in [6.07, 6.45) is 10.9. The lowest BCUT2D eigenvalue weighted by molar-refractivity contribution is -0.121. The Morgan fingerprint density at radius 2 is 2.14 bits per heavy atom. The summed E-state index contributed by atoms with van der Waals surface area (Å²) in [7, 11) is 0. The molecule has 0 fully saturated rings. The van der Waals surface area contributed by atoms with E-state index in [9.17, 15) is 4.79 Å². The predicted octanol–water partition coefficient (Wildman–Crippen LogP) is 2.56. The van der Waals surface area contributed by atoms with Crippen molar-refractivity contribution in [3.63, 3.8) is 0 Å². The highest BCUT2D eigenvalue weighted by Gasteiger charge is 2.15. The zero-order valence-electron chi connectivity index (χ0n) is 15.6. The molecule has 0 aliphatic carbocycles. The monoisotopic (exact) mass is 410 g/mol. The van der Waals surface area contributed by atoms with Crippen LogP contribution in [0.1, 0.15) is 12.5 Å². The van der Waals surface area contributed by atoms with E-state index in [0.29, 0.717) is 29.5 Å². The molecule has 1 atom stereocenters. The van der Waals surface area contributed by atoms with E-state index in [1.165, 1.54) is 0 Å². The second-order valence-corrected chi connectivity index (χ2v) is 6.99. The number of rotatable bonds is 7. The van der Waals surface area contributed by atoms with Gasteiger partial charge >= 0.3 is 0 Å². The number of aromatic nitrogens is 6. The minimum atomic E-state index is -0.469. The lowest BCUT2D eigenvalue weighted by Gasteiger charge is -2.14. The molecule has 9 nitrogen and oxygen atoms in total. The van der Waals surface area contributed by atoms with Crippen LogP contribution in [0.5, 0.6) is 0 Å². The van der Waals surface area contributed by atoms with Gasteiger partial charge in [-0.25, -0.2) is 9.97 Å². The molecule has 1 amide bonds. The molecule has 29 heavy (non-hydrogen) atoms. The van der Waals surface area contributed by atoms with E-state index in [4.69, 9.17) is 11.6 Å². The van der Waals surface area contributed by atoms with Crippen molar-refractivity contribution in [1.29, 1.82) is 0 Å². The summed E-state index contributed by atoms with van der Waals surface area (Å²) in [5.41, 5.74) is 3.24. The second kappa shape index (κ2) is 8.27. The van der Waals surface area contributed by atoms with Crippen LogP contribution in [0.15, 0.2) is 43.2 Å². The number of carbonyl (C=O) groups is 1. The topological polar surface area (TPSA) is 124 Å². The van der Waals surface area contributed by atoms with Crippen LogP contribution in [0.4, 0.5) is 5.82 Å². The maximum absolute atomic E-state index is 12.3. The maximum atomic E-state index is 12.3. The summed E-state index contributed by atoms with van der Waals surface area (Å²) >= 11 is 6.07. The first-order valence-corrected chi connectivity index (χ1v) is 9.45. The number of halogens is 1. The van der Waals surface area contributed by atoms with Crippen LogP contribution in [-0.4, -0.2) is 48.6 Å². The molecule has 148 valence electrons. The molecule has 0 saturated heterocycles. The van der Waals surface area contributed by atoms with E-state index in [1.807, 2.05) is 18.5 Å². The summed E-state index contributed by atoms with van der Waals surface area (Å²) in [4.78, 5) is 28.5. The van der Waals surface area contributed by atoms with E-state index in [2.05, 4.69) is 40.8 Å². The summed E-state index contributed by atoms with van der Waals surface area (Å²) in [5.74, 6) is 0.382. The molecule has 0 unspecified atom stereocenters. The number of nitrogens with one attached hydrogen (secondary N) is 4. The van der Waals surface area contributed by atoms with Crippen molar-refractivity contribution in [1.82, 2.24) is 35.5 Å². The van der Waals surface area contributed by atoms with Gasteiger partial charge in [0.2, 0.25) is 5.91 Å². The fourth-order valence-corrected chi connectivity index (χ4v) is 3.10. The quantitative estimate of drug-likeness (QED) is 0.371. The molecule has 0 aliphatic rings. The van der Waals surface area contributed by atoms with Crippen molar-refractivity contribution in [3.8, 4) is 11.3 Å². The van der Waals surface area contributed by atoms with Crippen molar-refractivity contribution >= 4 is 34.4 Å². The van der Waals surface area contributed by atoms with Crippen molar-refractivity contribution < 1.29 is 4.79 Å². The number of aromatic amines is 2. The Morgan fingerprint density at radius 1 is 1.24 bits per heavy atom. The maximum Gasteiger partial charge on any atom is 0.242 e. The number of pyridine rings is 1. The third-order valence-electron chi connectivity index (χ3n) is 4.43. The summed E-state index contributed by atoms with van der Waals surface area (Å²) in [6.45, 7) is 2.30. The van der Waals surface area contributed by atoms with Crippen LogP contribution < -0.4 is 10.6 Å². The fraction of sp³-hybridized carbons (Fsp3) is 0.211. The number of H-pyrrole nitrogens is 2. The van der Waals surface area contributed by atoms with Crippen LogP contribution in [0, 0.1) is 0 Å². The highest BCUT2D eigenvalue weighted by Crippen LogP contribution is 2.28. The zero-order valence-corrected chi connectivity index (χ0v) is 16.4. The normalized spacial score (nSPS) is 12.1. The predicted molar refractivity (Wildman–Crippen MR) is 111 cm³/mol. The smallest absolute Gasteiger partial charge is 0.242 e. The Hall–Kier alpha value is -3.46. The van der Waals surface area contributed by atoms with Crippen LogP contribution in [0.3, 0.4) is 0 Å². The van der Waals surface area contributed by atoms with Gasteiger partial charge in [0.1, 0.15) is 17.5 Å². The lowest BCUT2D eigenvalue weighted by atomic mass is 10.1. The first kappa shape index (κ1) is 18.9.